The highest BCUT2D eigenvalue weighted by atomic mass is 19.1. The van der Waals surface area contributed by atoms with Crippen LogP contribution in [0.2, 0.25) is 0 Å². The number of piperidine rings is 1. The van der Waals surface area contributed by atoms with Crippen LogP contribution in [0.3, 0.4) is 0 Å². The average Bonchev–Trinajstić information content (AvgIpc) is 2.70. The minimum absolute atomic E-state index is 0.0225. The second-order valence-electron chi connectivity index (χ2n) is 6.32. The van der Waals surface area contributed by atoms with Crippen LogP contribution < -0.4 is 14.8 Å². The van der Waals surface area contributed by atoms with Gasteiger partial charge in [-0.3, -0.25) is 0 Å². The maximum Gasteiger partial charge on any atom is 0.317 e. The molecule has 7 heteroatoms. The summed E-state index contributed by atoms with van der Waals surface area (Å²) in [6.07, 6.45) is 2.54. The molecule has 1 aromatic heterocycles. The van der Waals surface area contributed by atoms with Gasteiger partial charge in [-0.15, -0.1) is 0 Å². The predicted molar refractivity (Wildman–Crippen MR) is 99.3 cm³/mol. The molecule has 6 nitrogen and oxygen atoms in total. The van der Waals surface area contributed by atoms with Gasteiger partial charge >= 0.3 is 6.03 Å². The molecule has 2 aromatic rings. The zero-order valence-corrected chi connectivity index (χ0v) is 15.4. The minimum Gasteiger partial charge on any atom is -0.494 e. The van der Waals surface area contributed by atoms with E-state index in [0.717, 1.165) is 17.5 Å². The number of aromatic nitrogens is 1. The number of hydrogen-bond acceptors (Lipinski definition) is 4. The predicted octanol–water partition coefficient (Wildman–Crippen LogP) is 3.37. The third kappa shape index (κ3) is 5.32. The first-order valence-corrected chi connectivity index (χ1v) is 9.17. The first kappa shape index (κ1) is 18.9. The highest BCUT2D eigenvalue weighted by Crippen LogP contribution is 2.19. The topological polar surface area (TPSA) is 63.7 Å². The number of urea groups is 1. The summed E-state index contributed by atoms with van der Waals surface area (Å²) in [4.78, 5) is 18.1. The number of rotatable bonds is 6. The van der Waals surface area contributed by atoms with Crippen molar-refractivity contribution in [1.82, 2.24) is 15.2 Å². The molecule has 0 unspecified atom stereocenters. The first-order valence-electron chi connectivity index (χ1n) is 9.17. The summed E-state index contributed by atoms with van der Waals surface area (Å²) < 4.78 is 24.2. The maximum atomic E-state index is 12.9. The summed E-state index contributed by atoms with van der Waals surface area (Å²) in [6, 6.07) is 10.4. The summed E-state index contributed by atoms with van der Waals surface area (Å²) >= 11 is 0. The Morgan fingerprint density at radius 2 is 2.04 bits per heavy atom. The van der Waals surface area contributed by atoms with Crippen LogP contribution in [0.15, 0.2) is 42.6 Å². The molecule has 1 fully saturated rings. The summed E-state index contributed by atoms with van der Waals surface area (Å²) in [7, 11) is 0. The molecule has 1 saturated heterocycles. The highest BCUT2D eigenvalue weighted by Gasteiger charge is 2.24. The number of nitrogens with zero attached hydrogens (tertiary/aromatic N) is 2. The van der Waals surface area contributed by atoms with Gasteiger partial charge in [0, 0.05) is 44.1 Å². The number of hydrogen-bond donors (Lipinski definition) is 1. The van der Waals surface area contributed by atoms with E-state index in [-0.39, 0.29) is 18.0 Å². The van der Waals surface area contributed by atoms with Gasteiger partial charge in [0.15, 0.2) is 0 Å². The Hall–Kier alpha value is -2.83. The van der Waals surface area contributed by atoms with Gasteiger partial charge in [0.2, 0.25) is 5.88 Å². The number of pyridine rings is 1. The normalized spacial score (nSPS) is 14.7. The second-order valence-corrected chi connectivity index (χ2v) is 6.32. The quantitative estimate of drug-likeness (QED) is 0.843. The number of nitrogens with one attached hydrogen (secondary N) is 1. The molecule has 2 heterocycles. The van der Waals surface area contributed by atoms with Crippen molar-refractivity contribution < 1.29 is 18.7 Å². The smallest absolute Gasteiger partial charge is 0.317 e. The Kier molecular flexibility index (Phi) is 6.46. The Balaban J connectivity index is 1.45. The van der Waals surface area contributed by atoms with Gasteiger partial charge < -0.3 is 19.7 Å². The summed E-state index contributed by atoms with van der Waals surface area (Å²) in [5.41, 5.74) is 0.952. The fourth-order valence-electron chi connectivity index (χ4n) is 3.01. The van der Waals surface area contributed by atoms with Crippen molar-refractivity contribution in [1.29, 1.82) is 0 Å². The van der Waals surface area contributed by atoms with Gasteiger partial charge in [-0.2, -0.15) is 0 Å². The molecule has 1 N–H and O–H groups in total. The fraction of sp³-hybridized carbons (Fsp3) is 0.400. The Morgan fingerprint density at radius 1 is 1.26 bits per heavy atom. The number of carbonyl (C=O) groups excluding carboxylic acids is 1. The lowest BCUT2D eigenvalue weighted by Crippen LogP contribution is -2.46. The number of ether oxygens (including phenoxy) is 2. The molecule has 27 heavy (non-hydrogen) atoms. The lowest BCUT2D eigenvalue weighted by atomic mass is 10.1. The maximum absolute atomic E-state index is 12.9. The third-order valence-corrected chi connectivity index (χ3v) is 4.42. The fourth-order valence-corrected chi connectivity index (χ4v) is 3.01. The van der Waals surface area contributed by atoms with Crippen molar-refractivity contribution in [2.75, 3.05) is 19.7 Å². The monoisotopic (exact) mass is 373 g/mol. The van der Waals surface area contributed by atoms with Crippen LogP contribution in [-0.4, -0.2) is 41.7 Å². The molecular formula is C20H24FN3O3. The molecule has 0 radical (unpaired) electrons. The van der Waals surface area contributed by atoms with Crippen LogP contribution >= 0.6 is 0 Å². The van der Waals surface area contributed by atoms with Gasteiger partial charge in [0.05, 0.1) is 12.8 Å². The largest absolute Gasteiger partial charge is 0.494 e. The molecule has 0 spiro atoms. The van der Waals surface area contributed by atoms with Crippen molar-refractivity contribution in [3.8, 4) is 11.6 Å². The lowest BCUT2D eigenvalue weighted by molar-refractivity contribution is 0.107. The van der Waals surface area contributed by atoms with Gasteiger partial charge in [0.25, 0.3) is 0 Å². The van der Waals surface area contributed by atoms with Gasteiger partial charge in [-0.05, 0) is 19.1 Å². The molecule has 1 aliphatic rings. The SMILES string of the molecule is CCOc1ccccc1CNC(=O)N1CCC(Oc2ccc(F)cn2)CC1. The van der Waals surface area contributed by atoms with E-state index in [1.165, 1.54) is 12.1 Å². The van der Waals surface area contributed by atoms with Crippen molar-refractivity contribution in [3.63, 3.8) is 0 Å². The molecule has 1 aromatic carbocycles. The molecule has 2 amide bonds. The number of para-hydroxylation sites is 1. The van der Waals surface area contributed by atoms with Crippen LogP contribution in [0.4, 0.5) is 9.18 Å². The van der Waals surface area contributed by atoms with Crippen LogP contribution in [0.25, 0.3) is 0 Å². The van der Waals surface area contributed by atoms with Gasteiger partial charge in [-0.1, -0.05) is 18.2 Å². The van der Waals surface area contributed by atoms with Crippen molar-refractivity contribution in [2.45, 2.75) is 32.4 Å². The standard InChI is InChI=1S/C20H24FN3O3/c1-2-26-18-6-4-3-5-15(18)13-23-20(25)24-11-9-17(10-12-24)27-19-8-7-16(21)14-22-19/h3-8,14,17H,2,9-13H2,1H3,(H,23,25). The molecular weight excluding hydrogens is 349 g/mol. The van der Waals surface area contributed by atoms with E-state index in [9.17, 15) is 9.18 Å². The highest BCUT2D eigenvalue weighted by molar-refractivity contribution is 5.74. The van der Waals surface area contributed by atoms with E-state index in [1.54, 1.807) is 4.90 Å². The zero-order chi connectivity index (χ0) is 19.1. The van der Waals surface area contributed by atoms with Gasteiger partial charge in [0.1, 0.15) is 17.7 Å². The van der Waals surface area contributed by atoms with E-state index in [2.05, 4.69) is 10.3 Å². The van der Waals surface area contributed by atoms with E-state index in [0.29, 0.717) is 45.0 Å². The number of amides is 2. The number of carbonyl (C=O) groups is 1. The molecule has 0 bridgehead atoms. The summed E-state index contributed by atoms with van der Waals surface area (Å²) in [6.45, 7) is 4.14. The Morgan fingerprint density at radius 3 is 2.74 bits per heavy atom. The van der Waals surface area contributed by atoms with Crippen LogP contribution in [0, 0.1) is 5.82 Å². The van der Waals surface area contributed by atoms with E-state index < -0.39 is 0 Å². The Bertz CT molecular complexity index is 746. The molecule has 1 aliphatic heterocycles. The summed E-state index contributed by atoms with van der Waals surface area (Å²) in [5, 5.41) is 2.95. The van der Waals surface area contributed by atoms with E-state index in [4.69, 9.17) is 9.47 Å². The number of halogens is 1. The zero-order valence-electron chi connectivity index (χ0n) is 15.4. The Labute approximate surface area is 158 Å². The van der Waals surface area contributed by atoms with E-state index in [1.807, 2.05) is 31.2 Å². The lowest BCUT2D eigenvalue weighted by Gasteiger charge is -2.32. The van der Waals surface area contributed by atoms with Crippen LogP contribution in [0.5, 0.6) is 11.6 Å². The van der Waals surface area contributed by atoms with E-state index >= 15 is 0 Å². The molecule has 0 saturated carbocycles. The molecule has 144 valence electrons. The summed E-state index contributed by atoms with van der Waals surface area (Å²) in [5.74, 6) is 0.811. The number of likely N-dealkylation sites (tertiary alicyclic amines) is 1. The second kappa shape index (κ2) is 9.21. The minimum atomic E-state index is -0.389. The average molecular weight is 373 g/mol. The number of benzene rings is 1. The van der Waals surface area contributed by atoms with Crippen LogP contribution in [-0.2, 0) is 6.54 Å². The first-order chi connectivity index (χ1) is 13.2. The van der Waals surface area contributed by atoms with Crippen molar-refractivity contribution in [2.24, 2.45) is 0 Å². The molecule has 0 atom stereocenters. The van der Waals surface area contributed by atoms with Crippen molar-refractivity contribution in [3.05, 3.63) is 54.0 Å². The van der Waals surface area contributed by atoms with Crippen LogP contribution in [0.1, 0.15) is 25.3 Å². The molecule has 3 rings (SSSR count). The van der Waals surface area contributed by atoms with Crippen molar-refractivity contribution >= 4 is 6.03 Å². The van der Waals surface area contributed by atoms with Gasteiger partial charge in [-0.25, -0.2) is 14.2 Å². The molecule has 0 aliphatic carbocycles. The third-order valence-electron chi connectivity index (χ3n) is 4.42.